The molecule has 0 amide bonds. The number of hydrogen-bond acceptors (Lipinski definition) is 3. The van der Waals surface area contributed by atoms with Crippen molar-refractivity contribution in [2.75, 3.05) is 6.61 Å². The zero-order chi connectivity index (χ0) is 15.4. The Kier molecular flexibility index (Phi) is 5.38. The topological polar surface area (TPSA) is 39.2 Å². The Bertz CT molecular complexity index is 508. The number of carbonyl (C=O) groups excluding carboxylic acids is 1. The van der Waals surface area contributed by atoms with E-state index >= 15 is 0 Å². The summed E-state index contributed by atoms with van der Waals surface area (Å²) < 4.78 is 5.21. The molecular weight excluding hydrogens is 262 g/mol. The van der Waals surface area contributed by atoms with Crippen LogP contribution in [0.15, 0.2) is 6.07 Å². The lowest BCUT2D eigenvalue weighted by Crippen LogP contribution is -2.20. The summed E-state index contributed by atoms with van der Waals surface area (Å²) in [4.78, 5) is 17.0. The van der Waals surface area contributed by atoms with Crippen molar-refractivity contribution in [1.82, 2.24) is 4.98 Å². The van der Waals surface area contributed by atoms with Crippen molar-refractivity contribution in [3.63, 3.8) is 0 Å². The van der Waals surface area contributed by atoms with E-state index in [1.807, 2.05) is 6.92 Å². The van der Waals surface area contributed by atoms with Crippen LogP contribution in [0.25, 0.3) is 0 Å². The van der Waals surface area contributed by atoms with E-state index in [1.165, 1.54) is 30.5 Å². The highest BCUT2D eigenvalue weighted by molar-refractivity contribution is 5.91. The number of rotatable bonds is 5. The summed E-state index contributed by atoms with van der Waals surface area (Å²) in [5.74, 6) is 0.751. The minimum absolute atomic E-state index is 0.228. The van der Waals surface area contributed by atoms with E-state index in [2.05, 4.69) is 26.8 Å². The molecule has 0 N–H and O–H groups in total. The van der Waals surface area contributed by atoms with Gasteiger partial charge in [-0.25, -0.2) is 4.79 Å². The van der Waals surface area contributed by atoms with E-state index in [0.29, 0.717) is 12.2 Å². The summed E-state index contributed by atoms with van der Waals surface area (Å²) in [6, 6.07) is 2.05. The molecule has 1 aliphatic rings. The molecule has 0 spiro atoms. The molecular formula is C18H27NO2. The summed E-state index contributed by atoms with van der Waals surface area (Å²) in [6.07, 6.45) is 5.82. The van der Waals surface area contributed by atoms with Gasteiger partial charge >= 0.3 is 5.97 Å². The highest BCUT2D eigenvalue weighted by Gasteiger charge is 2.24. The molecule has 0 saturated heterocycles. The standard InChI is InChI=1S/C18H27NO2/c1-5-7-13-8-9-16-14(10-13)11-15(18(20)21-6-2)17(19-16)12(3)4/h11-13H,5-10H2,1-4H3. The highest BCUT2D eigenvalue weighted by atomic mass is 16.5. The first-order valence-electron chi connectivity index (χ1n) is 8.26. The molecule has 0 aliphatic heterocycles. The van der Waals surface area contributed by atoms with E-state index in [-0.39, 0.29) is 11.9 Å². The van der Waals surface area contributed by atoms with Crippen molar-refractivity contribution >= 4 is 5.97 Å². The van der Waals surface area contributed by atoms with Crippen LogP contribution in [0.3, 0.4) is 0 Å². The van der Waals surface area contributed by atoms with Crippen LogP contribution < -0.4 is 0 Å². The summed E-state index contributed by atoms with van der Waals surface area (Å²) in [5.41, 5.74) is 4.01. The van der Waals surface area contributed by atoms with Gasteiger partial charge in [0.25, 0.3) is 0 Å². The zero-order valence-corrected chi connectivity index (χ0v) is 13.7. The molecule has 1 unspecified atom stereocenters. The predicted octanol–water partition coefficient (Wildman–Crippen LogP) is 4.29. The normalized spacial score (nSPS) is 17.7. The third-order valence-corrected chi connectivity index (χ3v) is 4.26. The van der Waals surface area contributed by atoms with Gasteiger partial charge in [-0.3, -0.25) is 4.98 Å². The third-order valence-electron chi connectivity index (χ3n) is 4.26. The Morgan fingerprint density at radius 3 is 2.81 bits per heavy atom. The Balaban J connectivity index is 2.36. The fourth-order valence-corrected chi connectivity index (χ4v) is 3.22. The third kappa shape index (κ3) is 3.63. The number of aromatic nitrogens is 1. The summed E-state index contributed by atoms with van der Waals surface area (Å²) in [6.45, 7) is 8.65. The monoisotopic (exact) mass is 289 g/mol. The van der Waals surface area contributed by atoms with Gasteiger partial charge in [0.2, 0.25) is 0 Å². The van der Waals surface area contributed by atoms with Gasteiger partial charge < -0.3 is 4.74 Å². The van der Waals surface area contributed by atoms with Gasteiger partial charge in [-0.1, -0.05) is 33.6 Å². The van der Waals surface area contributed by atoms with Crippen molar-refractivity contribution in [3.8, 4) is 0 Å². The average Bonchev–Trinajstić information content (AvgIpc) is 2.46. The van der Waals surface area contributed by atoms with E-state index in [1.54, 1.807) is 0 Å². The van der Waals surface area contributed by atoms with E-state index in [9.17, 15) is 4.79 Å². The number of pyridine rings is 1. The maximum Gasteiger partial charge on any atom is 0.339 e. The Hall–Kier alpha value is -1.38. The first kappa shape index (κ1) is 16.0. The molecule has 1 atom stereocenters. The molecule has 0 bridgehead atoms. The SMILES string of the molecule is CCCC1CCc2nc(C(C)C)c(C(=O)OCC)cc2C1. The molecule has 3 heteroatoms. The number of fused-ring (bicyclic) bond motifs is 1. The van der Waals surface area contributed by atoms with Gasteiger partial charge in [-0.2, -0.15) is 0 Å². The van der Waals surface area contributed by atoms with E-state index in [4.69, 9.17) is 9.72 Å². The first-order chi connectivity index (χ1) is 10.1. The van der Waals surface area contributed by atoms with E-state index < -0.39 is 0 Å². The van der Waals surface area contributed by atoms with Crippen LogP contribution in [-0.4, -0.2) is 17.6 Å². The van der Waals surface area contributed by atoms with Crippen LogP contribution in [0.5, 0.6) is 0 Å². The van der Waals surface area contributed by atoms with Crippen LogP contribution in [0, 0.1) is 5.92 Å². The van der Waals surface area contributed by atoms with Gasteiger partial charge in [0, 0.05) is 5.69 Å². The summed E-state index contributed by atoms with van der Waals surface area (Å²) in [7, 11) is 0. The highest BCUT2D eigenvalue weighted by Crippen LogP contribution is 2.30. The number of esters is 1. The molecule has 2 rings (SSSR count). The van der Waals surface area contributed by atoms with Gasteiger partial charge in [0.15, 0.2) is 0 Å². The van der Waals surface area contributed by atoms with Crippen LogP contribution in [0.2, 0.25) is 0 Å². The lowest BCUT2D eigenvalue weighted by atomic mass is 9.83. The van der Waals surface area contributed by atoms with Gasteiger partial charge in [-0.15, -0.1) is 0 Å². The van der Waals surface area contributed by atoms with Crippen molar-refractivity contribution in [2.24, 2.45) is 5.92 Å². The quantitative estimate of drug-likeness (QED) is 0.759. The van der Waals surface area contributed by atoms with E-state index in [0.717, 1.165) is 24.5 Å². The zero-order valence-electron chi connectivity index (χ0n) is 13.7. The molecule has 0 radical (unpaired) electrons. The molecule has 1 heterocycles. The summed E-state index contributed by atoms with van der Waals surface area (Å²) >= 11 is 0. The predicted molar refractivity (Wildman–Crippen MR) is 84.7 cm³/mol. The fourth-order valence-electron chi connectivity index (χ4n) is 3.22. The Morgan fingerprint density at radius 2 is 2.19 bits per heavy atom. The van der Waals surface area contributed by atoms with Crippen molar-refractivity contribution in [3.05, 3.63) is 28.6 Å². The molecule has 1 aliphatic carbocycles. The van der Waals surface area contributed by atoms with Crippen LogP contribution in [-0.2, 0) is 17.6 Å². The number of hydrogen-bond donors (Lipinski definition) is 0. The molecule has 116 valence electrons. The molecule has 0 aromatic carbocycles. The van der Waals surface area contributed by atoms with Crippen LogP contribution in [0.4, 0.5) is 0 Å². The maximum absolute atomic E-state index is 12.2. The molecule has 21 heavy (non-hydrogen) atoms. The first-order valence-corrected chi connectivity index (χ1v) is 8.26. The second-order valence-corrected chi connectivity index (χ2v) is 6.30. The van der Waals surface area contributed by atoms with Crippen molar-refractivity contribution in [1.29, 1.82) is 0 Å². The minimum atomic E-state index is -0.228. The fraction of sp³-hybridized carbons (Fsp3) is 0.667. The minimum Gasteiger partial charge on any atom is -0.462 e. The molecule has 0 fully saturated rings. The van der Waals surface area contributed by atoms with Crippen LogP contribution >= 0.6 is 0 Å². The summed E-state index contributed by atoms with van der Waals surface area (Å²) in [5, 5.41) is 0. The number of aryl methyl sites for hydroxylation is 1. The number of nitrogens with zero attached hydrogens (tertiary/aromatic N) is 1. The molecule has 0 saturated carbocycles. The lowest BCUT2D eigenvalue weighted by Gasteiger charge is -2.25. The van der Waals surface area contributed by atoms with Crippen LogP contribution in [0.1, 0.15) is 80.2 Å². The van der Waals surface area contributed by atoms with Gasteiger partial charge in [0.1, 0.15) is 0 Å². The average molecular weight is 289 g/mol. The lowest BCUT2D eigenvalue weighted by molar-refractivity contribution is 0.0523. The van der Waals surface area contributed by atoms with Crippen molar-refractivity contribution < 1.29 is 9.53 Å². The van der Waals surface area contributed by atoms with Crippen molar-refractivity contribution in [2.45, 2.75) is 65.7 Å². The smallest absolute Gasteiger partial charge is 0.339 e. The van der Waals surface area contributed by atoms with Gasteiger partial charge in [-0.05, 0) is 49.7 Å². The van der Waals surface area contributed by atoms with Gasteiger partial charge in [0.05, 0.1) is 17.9 Å². The largest absolute Gasteiger partial charge is 0.462 e. The second kappa shape index (κ2) is 7.06. The Labute approximate surface area is 128 Å². The molecule has 3 nitrogen and oxygen atoms in total. The number of carbonyl (C=O) groups is 1. The Morgan fingerprint density at radius 1 is 1.43 bits per heavy atom. The molecule has 1 aromatic heterocycles. The maximum atomic E-state index is 12.2. The number of ether oxygens (including phenoxy) is 1. The second-order valence-electron chi connectivity index (χ2n) is 6.30. The molecule has 1 aromatic rings.